The van der Waals surface area contributed by atoms with Gasteiger partial charge in [0.25, 0.3) is 0 Å². The van der Waals surface area contributed by atoms with E-state index in [-0.39, 0.29) is 5.69 Å². The molecule has 0 spiro atoms. The van der Waals surface area contributed by atoms with Gasteiger partial charge in [-0.05, 0) is 12.1 Å². The molecule has 0 saturated carbocycles. The summed E-state index contributed by atoms with van der Waals surface area (Å²) in [4.78, 5) is 3.23. The third-order valence-electron chi connectivity index (χ3n) is 1.93. The fourth-order valence-corrected chi connectivity index (χ4v) is 1.61. The molecule has 81 valence electrons. The van der Waals surface area contributed by atoms with Crippen LogP contribution < -0.4 is 0 Å². The second-order valence-corrected chi connectivity index (χ2v) is 3.87. The molecule has 1 aromatic carbocycles. The Morgan fingerprint density at radius 1 is 1.12 bits per heavy atom. The van der Waals surface area contributed by atoms with Crippen molar-refractivity contribution in [2.45, 2.75) is 0 Å². The molecule has 5 heteroatoms. The van der Waals surface area contributed by atoms with Gasteiger partial charge in [-0.3, -0.25) is 0 Å². The van der Waals surface area contributed by atoms with Crippen molar-refractivity contribution in [1.82, 2.24) is 4.98 Å². The average Bonchev–Trinajstić information content (AvgIpc) is 2.23. The van der Waals surface area contributed by atoms with Crippen molar-refractivity contribution >= 4 is 15.9 Å². The summed E-state index contributed by atoms with van der Waals surface area (Å²) in [6.07, 6.45) is 0. The molecule has 0 aliphatic rings. The molecule has 1 heterocycles. The standard InChI is InChI=1S/C11H4BrF3N/c12-7-3-1-2-6(4-7)10-8(13)5-9(14)11(15)16-10/h1-2,4-5H. The fraction of sp³-hybridized carbons (Fsp3) is 0. The first-order valence-electron chi connectivity index (χ1n) is 4.27. The Bertz CT molecular complexity index is 543. The summed E-state index contributed by atoms with van der Waals surface area (Å²) >= 11 is 3.14. The zero-order valence-electron chi connectivity index (χ0n) is 7.77. The molecule has 0 unspecified atom stereocenters. The highest BCUT2D eigenvalue weighted by Crippen LogP contribution is 2.24. The van der Waals surface area contributed by atoms with E-state index in [1.807, 2.05) is 0 Å². The summed E-state index contributed by atoms with van der Waals surface area (Å²) in [5.41, 5.74) is 0.121. The number of aromatic nitrogens is 1. The molecule has 0 atom stereocenters. The van der Waals surface area contributed by atoms with Gasteiger partial charge in [0.2, 0.25) is 5.95 Å². The number of nitrogens with zero attached hydrogens (tertiary/aromatic N) is 1. The zero-order valence-corrected chi connectivity index (χ0v) is 9.35. The second kappa shape index (κ2) is 4.25. The fourth-order valence-electron chi connectivity index (χ4n) is 1.23. The van der Waals surface area contributed by atoms with Gasteiger partial charge in [0.1, 0.15) is 5.69 Å². The lowest BCUT2D eigenvalue weighted by molar-refractivity contribution is 0.466. The Labute approximate surface area is 98.1 Å². The highest BCUT2D eigenvalue weighted by Gasteiger charge is 2.13. The van der Waals surface area contributed by atoms with Gasteiger partial charge < -0.3 is 0 Å². The molecule has 2 rings (SSSR count). The van der Waals surface area contributed by atoms with Crippen LogP contribution in [0.25, 0.3) is 11.3 Å². The monoisotopic (exact) mass is 286 g/mol. The van der Waals surface area contributed by atoms with Crippen molar-refractivity contribution in [3.8, 4) is 11.3 Å². The molecule has 0 amide bonds. The van der Waals surface area contributed by atoms with Crippen LogP contribution in [0.4, 0.5) is 13.2 Å². The molecule has 0 aliphatic heterocycles. The summed E-state index contributed by atoms with van der Waals surface area (Å²) in [7, 11) is 0. The van der Waals surface area contributed by atoms with Crippen molar-refractivity contribution in [2.75, 3.05) is 0 Å². The largest absolute Gasteiger partial charge is 0.249 e. The number of hydrogen-bond donors (Lipinski definition) is 0. The highest BCUT2D eigenvalue weighted by atomic mass is 79.9. The smallest absolute Gasteiger partial charge is 0.214 e. The molecule has 0 fully saturated rings. The molecule has 0 bridgehead atoms. The van der Waals surface area contributed by atoms with Gasteiger partial charge in [0.15, 0.2) is 11.6 Å². The van der Waals surface area contributed by atoms with E-state index in [4.69, 9.17) is 0 Å². The Kier molecular flexibility index (Phi) is 2.96. The van der Waals surface area contributed by atoms with Crippen molar-refractivity contribution in [2.24, 2.45) is 0 Å². The number of benzene rings is 1. The Balaban J connectivity index is 2.60. The average molecular weight is 287 g/mol. The van der Waals surface area contributed by atoms with Gasteiger partial charge in [0.05, 0.1) is 0 Å². The van der Waals surface area contributed by atoms with E-state index in [1.165, 1.54) is 18.2 Å². The van der Waals surface area contributed by atoms with Crippen molar-refractivity contribution in [3.05, 3.63) is 52.4 Å². The molecule has 1 aromatic heterocycles. The molecular formula is C11H4BrF3N. The van der Waals surface area contributed by atoms with Crippen LogP contribution >= 0.6 is 15.9 Å². The van der Waals surface area contributed by atoms with E-state index in [2.05, 4.69) is 27.0 Å². The predicted molar refractivity (Wildman–Crippen MR) is 56.1 cm³/mol. The lowest BCUT2D eigenvalue weighted by Gasteiger charge is -2.03. The van der Waals surface area contributed by atoms with Crippen LogP contribution in [0.2, 0.25) is 0 Å². The van der Waals surface area contributed by atoms with Crippen LogP contribution in [-0.4, -0.2) is 4.98 Å². The van der Waals surface area contributed by atoms with Crippen LogP contribution in [0.5, 0.6) is 0 Å². The lowest BCUT2D eigenvalue weighted by atomic mass is 10.1. The van der Waals surface area contributed by atoms with Crippen LogP contribution in [-0.2, 0) is 0 Å². The highest BCUT2D eigenvalue weighted by molar-refractivity contribution is 9.10. The van der Waals surface area contributed by atoms with E-state index in [1.54, 1.807) is 0 Å². The molecule has 0 saturated heterocycles. The van der Waals surface area contributed by atoms with Gasteiger partial charge in [-0.15, -0.1) is 0 Å². The molecule has 1 radical (unpaired) electrons. The minimum absolute atomic E-state index is 0.228. The zero-order chi connectivity index (χ0) is 11.7. The first-order chi connectivity index (χ1) is 7.58. The molecule has 1 nitrogen and oxygen atoms in total. The maximum absolute atomic E-state index is 13.4. The summed E-state index contributed by atoms with van der Waals surface area (Å²) in [5, 5.41) is 0. The lowest BCUT2D eigenvalue weighted by Crippen LogP contribution is -1.96. The second-order valence-electron chi connectivity index (χ2n) is 3.02. The number of hydrogen-bond acceptors (Lipinski definition) is 1. The van der Waals surface area contributed by atoms with Gasteiger partial charge in [-0.1, -0.05) is 28.1 Å². The Morgan fingerprint density at radius 3 is 2.56 bits per heavy atom. The van der Waals surface area contributed by atoms with Crippen LogP contribution in [0.15, 0.2) is 28.7 Å². The van der Waals surface area contributed by atoms with Gasteiger partial charge in [-0.25, -0.2) is 13.8 Å². The Hall–Kier alpha value is -1.36. The van der Waals surface area contributed by atoms with E-state index >= 15 is 0 Å². The SMILES string of the molecule is Fc1cc(F)c(-c2cc[c]c(Br)c2)nc1F. The van der Waals surface area contributed by atoms with E-state index in [9.17, 15) is 13.2 Å². The minimum atomic E-state index is -1.32. The van der Waals surface area contributed by atoms with E-state index in [0.717, 1.165) is 0 Å². The molecule has 0 aliphatic carbocycles. The first kappa shape index (κ1) is 11.1. The summed E-state index contributed by atoms with van der Waals surface area (Å²) in [6.45, 7) is 0. The number of pyridine rings is 1. The van der Waals surface area contributed by atoms with E-state index in [0.29, 0.717) is 16.1 Å². The van der Waals surface area contributed by atoms with Gasteiger partial charge in [0, 0.05) is 16.1 Å². The molecule has 0 N–H and O–H groups in total. The summed E-state index contributed by atoms with van der Waals surface area (Å²) < 4.78 is 39.5. The number of rotatable bonds is 1. The molecular weight excluding hydrogens is 283 g/mol. The summed E-state index contributed by atoms with van der Waals surface area (Å²) in [6, 6.07) is 7.81. The minimum Gasteiger partial charge on any atom is -0.214 e. The van der Waals surface area contributed by atoms with Crippen LogP contribution in [0.3, 0.4) is 0 Å². The quantitative estimate of drug-likeness (QED) is 0.728. The van der Waals surface area contributed by atoms with Gasteiger partial charge >= 0.3 is 0 Å². The Morgan fingerprint density at radius 2 is 1.88 bits per heavy atom. The van der Waals surface area contributed by atoms with Crippen molar-refractivity contribution in [3.63, 3.8) is 0 Å². The maximum Gasteiger partial charge on any atom is 0.249 e. The van der Waals surface area contributed by atoms with Crippen molar-refractivity contribution in [1.29, 1.82) is 0 Å². The maximum atomic E-state index is 13.4. The summed E-state index contributed by atoms with van der Waals surface area (Å²) in [5.74, 6) is -3.53. The third-order valence-corrected chi connectivity index (χ3v) is 2.38. The molecule has 2 aromatic rings. The first-order valence-corrected chi connectivity index (χ1v) is 5.06. The number of halogens is 4. The normalized spacial score (nSPS) is 10.5. The third kappa shape index (κ3) is 2.09. The topological polar surface area (TPSA) is 12.9 Å². The molecule has 16 heavy (non-hydrogen) atoms. The van der Waals surface area contributed by atoms with Gasteiger partial charge in [-0.2, -0.15) is 4.39 Å². The predicted octanol–water partition coefficient (Wildman–Crippen LogP) is 3.73. The van der Waals surface area contributed by atoms with E-state index < -0.39 is 17.6 Å². The van der Waals surface area contributed by atoms with Crippen molar-refractivity contribution < 1.29 is 13.2 Å². The van der Waals surface area contributed by atoms with Crippen LogP contribution in [0.1, 0.15) is 0 Å². The van der Waals surface area contributed by atoms with Crippen LogP contribution in [0, 0.1) is 23.6 Å².